The number of aromatic hydroxyl groups is 1. The Kier molecular flexibility index (Phi) is 5.67. The number of rotatable bonds is 6. The van der Waals surface area contributed by atoms with Crippen LogP contribution in [0.2, 0.25) is 0 Å². The van der Waals surface area contributed by atoms with E-state index in [2.05, 4.69) is 25.0 Å². The fraction of sp³-hybridized carbons (Fsp3) is 0.136. The molecule has 0 aliphatic carbocycles. The molecule has 0 fully saturated rings. The van der Waals surface area contributed by atoms with Gasteiger partial charge in [0.05, 0.1) is 17.9 Å². The quantitative estimate of drug-likeness (QED) is 0.475. The first-order valence-corrected chi connectivity index (χ1v) is 9.66. The number of nitrogens with one attached hydrogen (secondary N) is 1. The smallest absolute Gasteiger partial charge is 0.297 e. The van der Waals surface area contributed by atoms with Crippen molar-refractivity contribution in [3.05, 3.63) is 94.5 Å². The van der Waals surface area contributed by atoms with Gasteiger partial charge in [-0.15, -0.1) is 0 Å². The molecule has 0 aliphatic rings. The molecule has 0 bridgehead atoms. The van der Waals surface area contributed by atoms with Crippen molar-refractivity contribution in [3.63, 3.8) is 0 Å². The van der Waals surface area contributed by atoms with Gasteiger partial charge < -0.3 is 19.8 Å². The predicted molar refractivity (Wildman–Crippen MR) is 117 cm³/mol. The van der Waals surface area contributed by atoms with Crippen LogP contribution in [0.25, 0.3) is 0 Å². The summed E-state index contributed by atoms with van der Waals surface area (Å²) in [5.74, 6) is -1.36. The number of carbonyl (C=O) groups is 1. The highest BCUT2D eigenvalue weighted by atomic mass is 16.5. The first kappa shape index (κ1) is 20.8. The molecule has 2 N–H and O–H groups in total. The third-order valence-corrected chi connectivity index (χ3v) is 4.93. The second kappa shape index (κ2) is 8.72. The zero-order valence-corrected chi connectivity index (χ0v) is 17.3. The molecular formula is C22H20N6O4. The number of aromatic nitrogens is 4. The number of anilines is 2. The predicted octanol–water partition coefficient (Wildman–Crippen LogP) is 2.35. The highest BCUT2D eigenvalue weighted by Gasteiger charge is 2.27. The number of pyridine rings is 1. The second-order valence-corrected chi connectivity index (χ2v) is 7.02. The van der Waals surface area contributed by atoms with Gasteiger partial charge in [0.1, 0.15) is 12.0 Å². The van der Waals surface area contributed by atoms with E-state index in [-0.39, 0.29) is 11.6 Å². The molecule has 3 heterocycles. The number of nitrogens with zero attached hydrogens (tertiary/aromatic N) is 5. The lowest BCUT2D eigenvalue weighted by Crippen LogP contribution is -2.34. The number of hydrogen-bond donors (Lipinski definition) is 2. The monoisotopic (exact) mass is 432 g/mol. The number of benzene rings is 1. The molecule has 0 radical (unpaired) electrons. The van der Waals surface area contributed by atoms with E-state index in [1.807, 2.05) is 48.5 Å². The minimum absolute atomic E-state index is 0.169. The highest BCUT2D eigenvalue weighted by Crippen LogP contribution is 2.30. The van der Waals surface area contributed by atoms with Gasteiger partial charge in [-0.25, -0.2) is 4.98 Å². The summed E-state index contributed by atoms with van der Waals surface area (Å²) in [6.07, 6.45) is 4.19. The van der Waals surface area contributed by atoms with Crippen LogP contribution < -0.4 is 15.8 Å². The van der Waals surface area contributed by atoms with E-state index in [4.69, 9.17) is 0 Å². The Labute approximate surface area is 182 Å². The van der Waals surface area contributed by atoms with Crippen LogP contribution in [0.15, 0.2) is 76.5 Å². The van der Waals surface area contributed by atoms with Crippen molar-refractivity contribution in [1.82, 2.24) is 19.7 Å². The van der Waals surface area contributed by atoms with Crippen LogP contribution in [-0.4, -0.2) is 37.8 Å². The van der Waals surface area contributed by atoms with Gasteiger partial charge in [0.15, 0.2) is 5.69 Å². The molecule has 0 saturated carbocycles. The molecule has 10 heteroatoms. The topological polar surface area (TPSA) is 126 Å². The molecule has 1 amide bonds. The fourth-order valence-corrected chi connectivity index (χ4v) is 3.39. The second-order valence-electron chi connectivity index (χ2n) is 7.02. The highest BCUT2D eigenvalue weighted by molar-refractivity contribution is 6.04. The van der Waals surface area contributed by atoms with Crippen LogP contribution in [0.4, 0.5) is 11.6 Å². The first-order valence-electron chi connectivity index (χ1n) is 9.66. The van der Waals surface area contributed by atoms with E-state index in [1.54, 1.807) is 18.1 Å². The van der Waals surface area contributed by atoms with Crippen LogP contribution in [0.3, 0.4) is 0 Å². The number of hydrogen-bond acceptors (Lipinski definition) is 8. The summed E-state index contributed by atoms with van der Waals surface area (Å²) >= 11 is 0. The third-order valence-electron chi connectivity index (χ3n) is 4.93. The molecule has 0 spiro atoms. The van der Waals surface area contributed by atoms with E-state index in [0.29, 0.717) is 0 Å². The van der Waals surface area contributed by atoms with Crippen molar-refractivity contribution in [2.75, 3.05) is 17.3 Å². The van der Waals surface area contributed by atoms with Gasteiger partial charge in [-0.05, 0) is 17.7 Å². The zero-order valence-electron chi connectivity index (χ0n) is 17.3. The SMILES string of the molecule is CN(c1nc(C(=O)Nc2cnoc2)c(O)c(=O)n1C)C(c1ccccc1)c1ccccn1. The molecule has 1 aromatic carbocycles. The van der Waals surface area contributed by atoms with E-state index in [9.17, 15) is 14.7 Å². The number of carbonyl (C=O) groups excluding carboxylic acids is 1. The van der Waals surface area contributed by atoms with Gasteiger partial charge in [-0.2, -0.15) is 0 Å². The lowest BCUT2D eigenvalue weighted by atomic mass is 10.0. The molecule has 4 aromatic rings. The average molecular weight is 432 g/mol. The van der Waals surface area contributed by atoms with Gasteiger partial charge in [-0.1, -0.05) is 41.6 Å². The van der Waals surface area contributed by atoms with Crippen LogP contribution in [-0.2, 0) is 7.05 Å². The maximum absolute atomic E-state index is 12.7. The van der Waals surface area contributed by atoms with E-state index >= 15 is 0 Å². The van der Waals surface area contributed by atoms with Crippen molar-refractivity contribution in [1.29, 1.82) is 0 Å². The Bertz CT molecular complexity index is 1230. The number of amides is 1. The molecule has 1 unspecified atom stereocenters. The Morgan fingerprint density at radius 3 is 2.59 bits per heavy atom. The summed E-state index contributed by atoms with van der Waals surface area (Å²) in [5.41, 5.74) is 0.724. The van der Waals surface area contributed by atoms with Gasteiger partial charge in [0.2, 0.25) is 11.7 Å². The molecule has 0 saturated heterocycles. The Morgan fingerprint density at radius 2 is 1.94 bits per heavy atom. The van der Waals surface area contributed by atoms with E-state index in [0.717, 1.165) is 11.3 Å². The molecule has 32 heavy (non-hydrogen) atoms. The fourth-order valence-electron chi connectivity index (χ4n) is 3.39. The van der Waals surface area contributed by atoms with Gasteiger partial charge >= 0.3 is 0 Å². The van der Waals surface area contributed by atoms with Crippen LogP contribution in [0, 0.1) is 0 Å². The van der Waals surface area contributed by atoms with Crippen LogP contribution in [0.1, 0.15) is 27.8 Å². The Hall–Kier alpha value is -4.47. The van der Waals surface area contributed by atoms with Crippen molar-refractivity contribution in [2.45, 2.75) is 6.04 Å². The molecule has 0 aliphatic heterocycles. The summed E-state index contributed by atoms with van der Waals surface area (Å²) in [4.78, 5) is 36.0. The minimum atomic E-state index is -0.771. The van der Waals surface area contributed by atoms with Crippen LogP contribution in [0.5, 0.6) is 5.75 Å². The van der Waals surface area contributed by atoms with E-state index in [1.165, 1.54) is 24.1 Å². The average Bonchev–Trinajstić information content (AvgIpc) is 3.32. The van der Waals surface area contributed by atoms with Gasteiger partial charge in [0.25, 0.3) is 11.5 Å². The van der Waals surface area contributed by atoms with E-state index < -0.39 is 29.0 Å². The van der Waals surface area contributed by atoms with Gasteiger partial charge in [0, 0.05) is 20.3 Å². The summed E-state index contributed by atoms with van der Waals surface area (Å²) in [6, 6.07) is 14.7. The standard InChI is InChI=1S/C22H20N6O4/c1-27(18(14-8-4-3-5-9-14)16-10-6-7-11-23-16)22-26-17(19(29)21(31)28(22)2)20(30)25-15-12-24-32-13-15/h3-13,18,29H,1-2H3,(H,25,30). The Balaban J connectivity index is 1.81. The summed E-state index contributed by atoms with van der Waals surface area (Å²) < 4.78 is 5.87. The molecule has 3 aromatic heterocycles. The lowest BCUT2D eigenvalue weighted by Gasteiger charge is -2.30. The zero-order chi connectivity index (χ0) is 22.7. The lowest BCUT2D eigenvalue weighted by molar-refractivity contribution is 0.101. The van der Waals surface area contributed by atoms with Gasteiger partial charge in [-0.3, -0.25) is 19.1 Å². The van der Waals surface area contributed by atoms with Crippen molar-refractivity contribution in [3.8, 4) is 5.75 Å². The summed E-state index contributed by atoms with van der Waals surface area (Å²) in [5, 5.41) is 16.3. The van der Waals surface area contributed by atoms with Crippen molar-refractivity contribution >= 4 is 17.5 Å². The maximum Gasteiger partial charge on any atom is 0.297 e. The molecule has 1 atom stereocenters. The molecular weight excluding hydrogens is 412 g/mol. The third kappa shape index (κ3) is 3.93. The first-order chi connectivity index (χ1) is 15.5. The summed E-state index contributed by atoms with van der Waals surface area (Å²) in [6.45, 7) is 0. The minimum Gasteiger partial charge on any atom is -0.501 e. The Morgan fingerprint density at radius 1 is 1.19 bits per heavy atom. The van der Waals surface area contributed by atoms with Crippen molar-refractivity contribution in [2.24, 2.45) is 7.05 Å². The van der Waals surface area contributed by atoms with Crippen LogP contribution >= 0.6 is 0 Å². The summed E-state index contributed by atoms with van der Waals surface area (Å²) in [7, 11) is 3.22. The normalized spacial score (nSPS) is 11.7. The largest absolute Gasteiger partial charge is 0.501 e. The molecule has 162 valence electrons. The van der Waals surface area contributed by atoms with Crippen molar-refractivity contribution < 1.29 is 14.4 Å². The maximum atomic E-state index is 12.7. The molecule has 10 nitrogen and oxygen atoms in total. The molecule has 4 rings (SSSR count).